The largest absolute Gasteiger partial charge is 0.544 e. The normalized spacial score (nSPS) is 11.5. The molecule has 4 N–H and O–H groups in total. The van der Waals surface area contributed by atoms with Crippen LogP contribution in [0, 0.1) is 17.0 Å². The summed E-state index contributed by atoms with van der Waals surface area (Å²) in [5, 5.41) is 29.3. The van der Waals surface area contributed by atoms with Crippen LogP contribution in [-0.2, 0) is 9.59 Å². The second kappa shape index (κ2) is 10.0. The summed E-state index contributed by atoms with van der Waals surface area (Å²) in [4.78, 5) is 33.6. The summed E-state index contributed by atoms with van der Waals surface area (Å²) in [6.45, 7) is 2.92. The van der Waals surface area contributed by atoms with E-state index in [9.17, 15) is 24.8 Å². The Hall–Kier alpha value is -3.46. The quantitative estimate of drug-likeness (QED) is 0.299. The number of quaternary nitrogens is 1. The zero-order chi connectivity index (χ0) is 20.5. The summed E-state index contributed by atoms with van der Waals surface area (Å²) in [5.74, 6) is -1.90. The number of rotatable bonds is 10. The van der Waals surface area contributed by atoms with Crippen LogP contribution in [0.5, 0.6) is 0 Å². The molecule has 0 aromatic heterocycles. The molecule has 2 aromatic carbocycles. The van der Waals surface area contributed by atoms with Crippen LogP contribution in [-0.4, -0.2) is 35.9 Å². The van der Waals surface area contributed by atoms with E-state index < -0.39 is 22.8 Å². The van der Waals surface area contributed by atoms with Gasteiger partial charge in [0.15, 0.2) is 0 Å². The molecule has 1 atom stereocenters. The molecule has 9 nitrogen and oxygen atoms in total. The number of nitrogens with one attached hydrogen (secondary N) is 2. The lowest BCUT2D eigenvalue weighted by atomic mass is 10.2. The van der Waals surface area contributed by atoms with Gasteiger partial charge in [0.05, 0.1) is 30.4 Å². The number of nitrogens with zero attached hydrogens (tertiary/aromatic N) is 1. The Bertz CT molecular complexity index is 856. The minimum Gasteiger partial charge on any atom is -0.544 e. The third-order valence-corrected chi connectivity index (χ3v) is 3.99. The van der Waals surface area contributed by atoms with E-state index in [2.05, 4.69) is 10.6 Å². The van der Waals surface area contributed by atoms with Gasteiger partial charge in [-0.1, -0.05) is 18.2 Å². The van der Waals surface area contributed by atoms with Crippen molar-refractivity contribution in [3.8, 4) is 0 Å². The number of carbonyl (C=O) groups excluding carboxylic acids is 2. The van der Waals surface area contributed by atoms with Crippen LogP contribution in [0.3, 0.4) is 0 Å². The molecule has 0 radical (unpaired) electrons. The van der Waals surface area contributed by atoms with Crippen LogP contribution in [0.2, 0.25) is 0 Å². The van der Waals surface area contributed by atoms with Crippen molar-refractivity contribution in [2.24, 2.45) is 0 Å². The molecule has 2 aromatic rings. The fourth-order valence-corrected chi connectivity index (χ4v) is 2.63. The summed E-state index contributed by atoms with van der Waals surface area (Å²) in [6, 6.07) is 12.2. The molecule has 0 bridgehead atoms. The van der Waals surface area contributed by atoms with Gasteiger partial charge in [-0.3, -0.25) is 14.9 Å². The third kappa shape index (κ3) is 6.69. The van der Waals surface area contributed by atoms with Crippen molar-refractivity contribution in [3.05, 3.63) is 64.2 Å². The summed E-state index contributed by atoms with van der Waals surface area (Å²) in [6.07, 6.45) is -0.310. The van der Waals surface area contributed by atoms with Crippen molar-refractivity contribution < 1.29 is 24.9 Å². The predicted molar refractivity (Wildman–Crippen MR) is 102 cm³/mol. The van der Waals surface area contributed by atoms with Crippen molar-refractivity contribution in [3.63, 3.8) is 0 Å². The number of carbonyl (C=O) groups is 2. The van der Waals surface area contributed by atoms with Gasteiger partial charge in [-0.25, -0.2) is 0 Å². The molecule has 0 fully saturated rings. The topological polar surface area (TPSA) is 141 Å². The molecule has 0 saturated heterocycles. The molecule has 148 valence electrons. The molecular formula is C19H22N4O5. The minimum atomic E-state index is -1.34. The highest BCUT2D eigenvalue weighted by molar-refractivity contribution is 5.93. The molecule has 0 saturated carbocycles. The van der Waals surface area contributed by atoms with E-state index in [1.807, 2.05) is 31.2 Å². The monoisotopic (exact) mass is 386 g/mol. The molecule has 0 aliphatic heterocycles. The zero-order valence-electron chi connectivity index (χ0n) is 15.4. The smallest absolute Gasteiger partial charge is 0.271 e. The Labute approximate surface area is 161 Å². The van der Waals surface area contributed by atoms with Gasteiger partial charge >= 0.3 is 0 Å². The minimum absolute atomic E-state index is 0.164. The van der Waals surface area contributed by atoms with Gasteiger partial charge in [-0.05, 0) is 30.7 Å². The number of nitro groups is 1. The molecule has 0 unspecified atom stereocenters. The maximum atomic E-state index is 12.1. The Morgan fingerprint density at radius 3 is 2.54 bits per heavy atom. The highest BCUT2D eigenvalue weighted by Crippen LogP contribution is 2.17. The van der Waals surface area contributed by atoms with Gasteiger partial charge in [0.25, 0.3) is 5.69 Å². The van der Waals surface area contributed by atoms with Gasteiger partial charge in [0, 0.05) is 23.5 Å². The first-order valence-electron chi connectivity index (χ1n) is 8.74. The molecule has 0 aliphatic rings. The van der Waals surface area contributed by atoms with Gasteiger partial charge < -0.3 is 25.9 Å². The second-order valence-corrected chi connectivity index (χ2v) is 6.31. The number of aryl methyl sites for hydroxylation is 1. The summed E-state index contributed by atoms with van der Waals surface area (Å²) in [5.41, 5.74) is 2.11. The maximum absolute atomic E-state index is 12.1. The number of nitrogens with two attached hydrogens (primary N) is 1. The predicted octanol–water partition coefficient (Wildman–Crippen LogP) is 0.0258. The van der Waals surface area contributed by atoms with E-state index in [1.165, 1.54) is 29.6 Å². The van der Waals surface area contributed by atoms with Crippen molar-refractivity contribution in [1.29, 1.82) is 0 Å². The molecule has 0 spiro atoms. The third-order valence-electron chi connectivity index (χ3n) is 3.99. The summed E-state index contributed by atoms with van der Waals surface area (Å²) >= 11 is 0. The highest BCUT2D eigenvalue weighted by atomic mass is 16.6. The number of non-ortho nitro benzene ring substituents is 1. The number of carboxylic acid groups (broad SMARTS) is 1. The Balaban J connectivity index is 1.83. The van der Waals surface area contributed by atoms with Crippen molar-refractivity contribution in [1.82, 2.24) is 0 Å². The second-order valence-electron chi connectivity index (χ2n) is 6.31. The molecule has 28 heavy (non-hydrogen) atoms. The number of benzene rings is 2. The Kier molecular flexibility index (Phi) is 7.46. The van der Waals surface area contributed by atoms with Crippen LogP contribution in [0.15, 0.2) is 48.5 Å². The summed E-state index contributed by atoms with van der Waals surface area (Å²) in [7, 11) is 0. The average Bonchev–Trinajstić information content (AvgIpc) is 2.64. The molecule has 2 rings (SSSR count). The standard InChI is InChI=1S/C19H22N4O5/c1-13-4-2-5-14(10-13)20-8-9-21-17(19(25)26)12-18(24)22-15-6-3-7-16(11-15)23(27)28/h2-7,10-11,17,20-21H,8-9,12H2,1H3,(H,22,24)(H,25,26)/t17-/m1/s1. The number of aliphatic carboxylic acids is 1. The van der Waals surface area contributed by atoms with E-state index in [0.29, 0.717) is 13.1 Å². The van der Waals surface area contributed by atoms with Crippen LogP contribution in [0.25, 0.3) is 0 Å². The van der Waals surface area contributed by atoms with E-state index in [0.717, 1.165) is 11.3 Å². The van der Waals surface area contributed by atoms with Crippen molar-refractivity contribution in [2.45, 2.75) is 19.4 Å². The average molecular weight is 386 g/mol. The van der Waals surface area contributed by atoms with Crippen LogP contribution < -0.4 is 21.1 Å². The van der Waals surface area contributed by atoms with E-state index in [1.54, 1.807) is 0 Å². The number of anilines is 2. The molecule has 0 heterocycles. The summed E-state index contributed by atoms with van der Waals surface area (Å²) < 4.78 is 0. The van der Waals surface area contributed by atoms with Crippen LogP contribution >= 0.6 is 0 Å². The first-order chi connectivity index (χ1) is 13.3. The lowest BCUT2D eigenvalue weighted by Gasteiger charge is -2.17. The molecular weight excluding hydrogens is 364 g/mol. The number of amides is 1. The van der Waals surface area contributed by atoms with Gasteiger partial charge in [-0.2, -0.15) is 0 Å². The number of hydrogen-bond acceptors (Lipinski definition) is 6. The highest BCUT2D eigenvalue weighted by Gasteiger charge is 2.18. The lowest BCUT2D eigenvalue weighted by molar-refractivity contribution is -0.680. The molecule has 0 aliphatic carbocycles. The zero-order valence-corrected chi connectivity index (χ0v) is 15.4. The van der Waals surface area contributed by atoms with Gasteiger partial charge in [0.2, 0.25) is 5.91 Å². The molecule has 1 amide bonds. The number of hydrogen-bond donors (Lipinski definition) is 3. The Morgan fingerprint density at radius 2 is 1.86 bits per heavy atom. The fraction of sp³-hybridized carbons (Fsp3) is 0.263. The van der Waals surface area contributed by atoms with E-state index in [-0.39, 0.29) is 17.8 Å². The SMILES string of the molecule is Cc1cccc(NCC[NH2+][C@H](CC(=O)Nc2cccc([N+](=O)[O-])c2)C(=O)[O-])c1. The van der Waals surface area contributed by atoms with Gasteiger partial charge in [0.1, 0.15) is 6.04 Å². The van der Waals surface area contributed by atoms with Crippen LogP contribution in [0.1, 0.15) is 12.0 Å². The van der Waals surface area contributed by atoms with Crippen molar-refractivity contribution in [2.75, 3.05) is 23.7 Å². The lowest BCUT2D eigenvalue weighted by Crippen LogP contribution is -2.94. The fourth-order valence-electron chi connectivity index (χ4n) is 2.63. The van der Waals surface area contributed by atoms with Crippen LogP contribution in [0.4, 0.5) is 17.1 Å². The first-order valence-corrected chi connectivity index (χ1v) is 8.74. The van der Waals surface area contributed by atoms with Gasteiger partial charge in [-0.15, -0.1) is 0 Å². The van der Waals surface area contributed by atoms with E-state index in [4.69, 9.17) is 0 Å². The number of carboxylic acids is 1. The molecule has 9 heteroatoms. The first kappa shape index (κ1) is 20.8. The number of nitro benzene ring substituents is 1. The Morgan fingerprint density at radius 1 is 1.14 bits per heavy atom. The maximum Gasteiger partial charge on any atom is 0.271 e. The van der Waals surface area contributed by atoms with E-state index >= 15 is 0 Å². The van der Waals surface area contributed by atoms with Crippen molar-refractivity contribution >= 4 is 28.9 Å².